The van der Waals surface area contributed by atoms with Gasteiger partial charge in [0, 0.05) is 44.6 Å². The molecule has 3 heterocycles. The summed E-state index contributed by atoms with van der Waals surface area (Å²) in [7, 11) is 0. The van der Waals surface area contributed by atoms with E-state index in [1.165, 1.54) is 6.07 Å². The van der Waals surface area contributed by atoms with E-state index in [1.807, 2.05) is 4.90 Å². The Bertz CT molecular complexity index is 682. The summed E-state index contributed by atoms with van der Waals surface area (Å²) in [6, 6.07) is 4.14. The lowest BCUT2D eigenvalue weighted by Crippen LogP contribution is -2.47. The van der Waals surface area contributed by atoms with Gasteiger partial charge in [-0.15, -0.1) is 0 Å². The van der Waals surface area contributed by atoms with Crippen molar-refractivity contribution in [2.24, 2.45) is 11.8 Å². The van der Waals surface area contributed by atoms with Crippen LogP contribution in [-0.2, 0) is 4.79 Å². The number of piperidine rings is 1. The van der Waals surface area contributed by atoms with Crippen molar-refractivity contribution in [1.29, 1.82) is 0 Å². The lowest BCUT2D eigenvalue weighted by atomic mass is 9.85. The summed E-state index contributed by atoms with van der Waals surface area (Å²) in [5.41, 5.74) is 13.4. The fraction of sp³-hybridized carbons (Fsp3) is 0.632. The molecule has 148 valence electrons. The van der Waals surface area contributed by atoms with Crippen molar-refractivity contribution in [3.8, 4) is 0 Å². The Hall–Kier alpha value is -1.61. The maximum absolute atomic E-state index is 13.6. The molecule has 1 aromatic carbocycles. The van der Waals surface area contributed by atoms with Crippen molar-refractivity contribution >= 4 is 5.91 Å². The van der Waals surface area contributed by atoms with Crippen LogP contribution >= 0.6 is 0 Å². The number of nitrogens with one attached hydrogen (secondary N) is 4. The van der Waals surface area contributed by atoms with Crippen molar-refractivity contribution in [2.45, 2.75) is 37.8 Å². The van der Waals surface area contributed by atoms with Gasteiger partial charge in [-0.1, -0.05) is 6.07 Å². The molecule has 0 radical (unpaired) electrons. The van der Waals surface area contributed by atoms with Crippen LogP contribution in [0.2, 0.25) is 0 Å². The van der Waals surface area contributed by atoms with Gasteiger partial charge in [0.1, 0.15) is 0 Å². The summed E-state index contributed by atoms with van der Waals surface area (Å²) in [6.45, 7) is 3.31. The predicted octanol–water partition coefficient (Wildman–Crippen LogP) is 1.23. The number of carbonyl (C=O) groups is 1. The van der Waals surface area contributed by atoms with Gasteiger partial charge in [-0.2, -0.15) is 0 Å². The number of rotatable bonds is 5. The summed E-state index contributed by atoms with van der Waals surface area (Å²) in [5, 5.41) is 0. The third-order valence-corrected chi connectivity index (χ3v) is 6.08. The number of carbonyl (C=O) groups excluding carboxylic acids is 1. The summed E-state index contributed by atoms with van der Waals surface area (Å²) in [5.74, 6) is -0.727. The van der Waals surface area contributed by atoms with Crippen LogP contribution in [0.1, 0.15) is 37.3 Å². The first-order chi connectivity index (χ1) is 13.1. The van der Waals surface area contributed by atoms with E-state index in [0.717, 1.165) is 45.0 Å². The van der Waals surface area contributed by atoms with E-state index in [2.05, 4.69) is 21.7 Å². The Labute approximate surface area is 158 Å². The third kappa shape index (κ3) is 4.13. The van der Waals surface area contributed by atoms with E-state index in [-0.39, 0.29) is 23.9 Å². The van der Waals surface area contributed by atoms with E-state index < -0.39 is 11.6 Å². The standard InChI is InChI=1S/C19H27F2N5O/c20-15-5-4-13(8-16(15)21)19-14-11-26(7-6-17(14)24-25-19)18(27)3-1-2-12-9-22-23-10-12/h4-5,8,12,14,17,19,22-25H,1-3,6-7,9-11H2. The quantitative estimate of drug-likeness (QED) is 0.620. The van der Waals surface area contributed by atoms with E-state index in [0.29, 0.717) is 24.4 Å². The second kappa shape index (κ2) is 8.18. The maximum atomic E-state index is 13.6. The van der Waals surface area contributed by atoms with Gasteiger partial charge >= 0.3 is 0 Å². The highest BCUT2D eigenvalue weighted by molar-refractivity contribution is 5.76. The van der Waals surface area contributed by atoms with Crippen LogP contribution in [0.3, 0.4) is 0 Å². The topological polar surface area (TPSA) is 68.4 Å². The molecule has 3 atom stereocenters. The molecule has 0 aromatic heterocycles. The Kier molecular flexibility index (Phi) is 5.68. The van der Waals surface area contributed by atoms with E-state index >= 15 is 0 Å². The van der Waals surface area contributed by atoms with Crippen LogP contribution in [0.25, 0.3) is 0 Å². The minimum absolute atomic E-state index is 0.128. The largest absolute Gasteiger partial charge is 0.342 e. The van der Waals surface area contributed by atoms with E-state index in [9.17, 15) is 13.6 Å². The molecule has 0 bridgehead atoms. The number of hydrogen-bond donors (Lipinski definition) is 4. The van der Waals surface area contributed by atoms with Crippen molar-refractivity contribution in [3.05, 3.63) is 35.4 Å². The second-order valence-corrected chi connectivity index (χ2v) is 7.86. The van der Waals surface area contributed by atoms with Gasteiger partial charge in [0.2, 0.25) is 5.91 Å². The predicted molar refractivity (Wildman–Crippen MR) is 97.2 cm³/mol. The zero-order valence-corrected chi connectivity index (χ0v) is 15.3. The highest BCUT2D eigenvalue weighted by atomic mass is 19.2. The molecule has 3 unspecified atom stereocenters. The lowest BCUT2D eigenvalue weighted by molar-refractivity contribution is -0.133. The first kappa shape index (κ1) is 18.7. The Morgan fingerprint density at radius 3 is 2.74 bits per heavy atom. The molecule has 3 aliphatic rings. The number of likely N-dealkylation sites (tertiary alicyclic amines) is 1. The number of amides is 1. The van der Waals surface area contributed by atoms with Gasteiger partial charge in [-0.25, -0.2) is 14.2 Å². The molecule has 6 nitrogen and oxygen atoms in total. The highest BCUT2D eigenvalue weighted by Gasteiger charge is 2.41. The Morgan fingerprint density at radius 2 is 1.96 bits per heavy atom. The van der Waals surface area contributed by atoms with Gasteiger partial charge in [0.05, 0.1) is 6.04 Å². The van der Waals surface area contributed by atoms with Crippen LogP contribution in [0.5, 0.6) is 0 Å². The molecule has 0 aliphatic carbocycles. The normalized spacial score (nSPS) is 28.5. The molecule has 1 aromatic rings. The number of fused-ring (bicyclic) bond motifs is 1. The molecule has 27 heavy (non-hydrogen) atoms. The molecular formula is C19H27F2N5O. The maximum Gasteiger partial charge on any atom is 0.222 e. The van der Waals surface area contributed by atoms with Crippen LogP contribution in [-0.4, -0.2) is 43.0 Å². The van der Waals surface area contributed by atoms with Gasteiger partial charge < -0.3 is 4.90 Å². The van der Waals surface area contributed by atoms with Gasteiger partial charge in [-0.3, -0.25) is 21.1 Å². The van der Waals surface area contributed by atoms with Gasteiger partial charge in [0.15, 0.2) is 11.6 Å². The van der Waals surface area contributed by atoms with Crippen molar-refractivity contribution < 1.29 is 13.6 Å². The monoisotopic (exact) mass is 379 g/mol. The number of hydrazine groups is 2. The number of benzene rings is 1. The van der Waals surface area contributed by atoms with E-state index in [4.69, 9.17) is 0 Å². The summed E-state index contributed by atoms with van der Waals surface area (Å²) in [4.78, 5) is 14.6. The Morgan fingerprint density at radius 1 is 1.15 bits per heavy atom. The molecule has 3 aliphatic heterocycles. The SMILES string of the molecule is O=C(CCCC1CNNC1)N1CCC2NNC(c3ccc(F)c(F)c3)C2C1. The third-order valence-electron chi connectivity index (χ3n) is 6.08. The van der Waals surface area contributed by atoms with Crippen LogP contribution in [0.15, 0.2) is 18.2 Å². The smallest absolute Gasteiger partial charge is 0.222 e. The van der Waals surface area contributed by atoms with Crippen LogP contribution in [0.4, 0.5) is 8.78 Å². The molecule has 3 fully saturated rings. The molecule has 4 rings (SSSR count). The fourth-order valence-electron chi connectivity index (χ4n) is 4.48. The van der Waals surface area contributed by atoms with Crippen LogP contribution < -0.4 is 21.7 Å². The van der Waals surface area contributed by atoms with Crippen molar-refractivity contribution in [2.75, 3.05) is 26.2 Å². The summed E-state index contributed by atoms with van der Waals surface area (Å²) >= 11 is 0. The van der Waals surface area contributed by atoms with Gasteiger partial charge in [0.25, 0.3) is 0 Å². The lowest BCUT2D eigenvalue weighted by Gasteiger charge is -2.36. The van der Waals surface area contributed by atoms with Crippen molar-refractivity contribution in [1.82, 2.24) is 26.6 Å². The molecule has 0 spiro atoms. The molecule has 1 amide bonds. The fourth-order valence-corrected chi connectivity index (χ4v) is 4.48. The molecule has 3 saturated heterocycles. The van der Waals surface area contributed by atoms with Crippen molar-refractivity contribution in [3.63, 3.8) is 0 Å². The molecular weight excluding hydrogens is 352 g/mol. The first-order valence-electron chi connectivity index (χ1n) is 9.81. The van der Waals surface area contributed by atoms with Crippen LogP contribution in [0, 0.1) is 23.5 Å². The zero-order valence-electron chi connectivity index (χ0n) is 15.3. The molecule has 4 N–H and O–H groups in total. The van der Waals surface area contributed by atoms with E-state index in [1.54, 1.807) is 6.07 Å². The average molecular weight is 379 g/mol. The summed E-state index contributed by atoms with van der Waals surface area (Å²) < 4.78 is 26.9. The van der Waals surface area contributed by atoms with Gasteiger partial charge in [-0.05, 0) is 42.9 Å². The minimum atomic E-state index is -0.839. The number of nitrogens with zero attached hydrogens (tertiary/aromatic N) is 1. The summed E-state index contributed by atoms with van der Waals surface area (Å²) in [6.07, 6.45) is 3.39. The minimum Gasteiger partial charge on any atom is -0.342 e. The molecule has 8 heteroatoms. The Balaban J connectivity index is 1.34. The highest BCUT2D eigenvalue weighted by Crippen LogP contribution is 2.34. The first-order valence-corrected chi connectivity index (χ1v) is 9.81. The average Bonchev–Trinajstić information content (AvgIpc) is 3.33. The number of halogens is 2. The second-order valence-electron chi connectivity index (χ2n) is 7.86. The number of hydrogen-bond acceptors (Lipinski definition) is 5. The zero-order chi connectivity index (χ0) is 18.8. The molecule has 0 saturated carbocycles.